The molecule has 0 aromatic heterocycles. The number of phenols is 1. The number of phenolic OH excluding ortho intramolecular Hbond substituents is 1. The lowest BCUT2D eigenvalue weighted by molar-refractivity contribution is -0.141. The van der Waals surface area contributed by atoms with E-state index >= 15 is 0 Å². The second-order valence-electron chi connectivity index (χ2n) is 10.3. The first-order valence-electron chi connectivity index (χ1n) is 12.9. The van der Waals surface area contributed by atoms with Gasteiger partial charge in [0.15, 0.2) is 0 Å². The average molecular weight is 528 g/mol. The second-order valence-corrected chi connectivity index (χ2v) is 10.3. The highest BCUT2D eigenvalue weighted by Crippen LogP contribution is 2.29. The molecule has 2 aromatic rings. The van der Waals surface area contributed by atoms with E-state index in [2.05, 4.69) is 10.6 Å². The third-order valence-electron chi connectivity index (χ3n) is 6.23. The Morgan fingerprint density at radius 2 is 1.68 bits per heavy atom. The second kappa shape index (κ2) is 13.2. The number of nitrogens with zero attached hydrogens (tertiary/aromatic N) is 1. The fraction of sp³-hybridized carbons (Fsp3) is 0.483. The Hall–Kier alpha value is -3.75. The lowest BCUT2D eigenvalue weighted by Crippen LogP contribution is -2.54. The quantitative estimate of drug-likeness (QED) is 0.392. The molecule has 0 heterocycles. The van der Waals surface area contributed by atoms with Crippen molar-refractivity contribution in [3.63, 3.8) is 0 Å². The van der Waals surface area contributed by atoms with Gasteiger partial charge in [-0.1, -0.05) is 26.3 Å². The molecule has 0 aliphatic heterocycles. The number of aromatic hydroxyl groups is 1. The van der Waals surface area contributed by atoms with E-state index in [4.69, 9.17) is 9.47 Å². The molecule has 2 aromatic carbocycles. The van der Waals surface area contributed by atoms with Crippen molar-refractivity contribution < 1.29 is 29.0 Å². The summed E-state index contributed by atoms with van der Waals surface area (Å²) in [5.41, 5.74) is 0.896. The van der Waals surface area contributed by atoms with Crippen molar-refractivity contribution in [2.45, 2.75) is 72.6 Å². The Bertz CT molecular complexity index is 1110. The normalized spacial score (nSPS) is 13.6. The molecule has 0 aliphatic carbocycles. The van der Waals surface area contributed by atoms with Gasteiger partial charge in [-0.2, -0.15) is 0 Å². The Labute approximate surface area is 225 Å². The first-order valence-corrected chi connectivity index (χ1v) is 12.9. The van der Waals surface area contributed by atoms with Gasteiger partial charge in [-0.25, -0.2) is 4.79 Å². The van der Waals surface area contributed by atoms with Gasteiger partial charge in [-0.3, -0.25) is 9.59 Å². The van der Waals surface area contributed by atoms with Gasteiger partial charge in [0, 0.05) is 12.2 Å². The molecular weight excluding hydrogens is 486 g/mol. The first kappa shape index (κ1) is 30.5. The summed E-state index contributed by atoms with van der Waals surface area (Å²) in [5.74, 6) is -0.343. The van der Waals surface area contributed by atoms with Crippen molar-refractivity contribution >= 4 is 23.6 Å². The van der Waals surface area contributed by atoms with Gasteiger partial charge in [-0.05, 0) is 88.1 Å². The summed E-state index contributed by atoms with van der Waals surface area (Å²) >= 11 is 0. The maximum atomic E-state index is 14.0. The van der Waals surface area contributed by atoms with Crippen molar-refractivity contribution in [1.29, 1.82) is 0 Å². The molecule has 0 spiro atoms. The molecule has 0 saturated carbocycles. The van der Waals surface area contributed by atoms with Gasteiger partial charge in [0.1, 0.15) is 29.2 Å². The number of amides is 3. The van der Waals surface area contributed by atoms with Crippen molar-refractivity contribution in [3.8, 4) is 11.5 Å². The Balaban J connectivity index is 2.49. The van der Waals surface area contributed by atoms with E-state index in [-0.39, 0.29) is 18.2 Å². The summed E-state index contributed by atoms with van der Waals surface area (Å²) < 4.78 is 10.6. The maximum absolute atomic E-state index is 14.0. The number of methoxy groups -OCH3 is 1. The Morgan fingerprint density at radius 1 is 1.05 bits per heavy atom. The van der Waals surface area contributed by atoms with E-state index < -0.39 is 35.6 Å². The van der Waals surface area contributed by atoms with Crippen molar-refractivity contribution in [2.75, 3.05) is 19.0 Å². The molecule has 2 rings (SSSR count). The van der Waals surface area contributed by atoms with Crippen LogP contribution in [-0.2, 0) is 14.3 Å². The molecule has 9 nitrogen and oxygen atoms in total. The Kier molecular flexibility index (Phi) is 10.6. The summed E-state index contributed by atoms with van der Waals surface area (Å²) in [5, 5.41) is 15.7. The fourth-order valence-electron chi connectivity index (χ4n) is 3.97. The number of alkyl carbamates (subject to hydrolysis) is 1. The number of rotatable bonds is 10. The van der Waals surface area contributed by atoms with Gasteiger partial charge in [0.2, 0.25) is 5.91 Å². The van der Waals surface area contributed by atoms with E-state index in [0.717, 1.165) is 0 Å². The predicted molar refractivity (Wildman–Crippen MR) is 147 cm³/mol. The number of carbonyl (C=O) groups excluding carboxylic acids is 3. The average Bonchev–Trinajstić information content (AvgIpc) is 2.86. The van der Waals surface area contributed by atoms with Gasteiger partial charge in [0.25, 0.3) is 5.91 Å². The third-order valence-corrected chi connectivity index (χ3v) is 6.23. The smallest absolute Gasteiger partial charge is 0.408 e. The molecule has 0 aliphatic rings. The number of carbonyl (C=O) groups is 3. The van der Waals surface area contributed by atoms with Crippen molar-refractivity contribution in [2.24, 2.45) is 5.92 Å². The van der Waals surface area contributed by atoms with E-state index in [1.165, 1.54) is 11.0 Å². The molecule has 3 atom stereocenters. The number of anilines is 1. The number of ether oxygens (including phenoxy) is 2. The van der Waals surface area contributed by atoms with Crippen LogP contribution in [0.1, 0.15) is 65.1 Å². The largest absolute Gasteiger partial charge is 0.508 e. The highest BCUT2D eigenvalue weighted by molar-refractivity contribution is 5.99. The number of nitrogens with one attached hydrogen (secondary N) is 2. The topological polar surface area (TPSA) is 117 Å². The van der Waals surface area contributed by atoms with Gasteiger partial charge in [0.05, 0.1) is 7.11 Å². The van der Waals surface area contributed by atoms with Crippen LogP contribution in [0.25, 0.3) is 0 Å². The van der Waals surface area contributed by atoms with Crippen LogP contribution < -0.4 is 15.4 Å². The van der Waals surface area contributed by atoms with Crippen LogP contribution >= 0.6 is 0 Å². The summed E-state index contributed by atoms with van der Waals surface area (Å²) in [4.78, 5) is 41.8. The number of benzene rings is 2. The number of hydrogen-bond acceptors (Lipinski definition) is 6. The number of likely N-dealkylation sites (N-methyl/N-ethyl adjacent to an activating group) is 1. The first-order chi connectivity index (χ1) is 17.8. The SMILES string of the molecule is CCC(C)C(NC(=O)OC(C)(C)C)C(=O)N(CC)C(C(=O)Nc1ccc(OC)cc1)c1ccc(O)c(C)c1. The van der Waals surface area contributed by atoms with E-state index in [0.29, 0.717) is 29.0 Å². The minimum Gasteiger partial charge on any atom is -0.508 e. The Morgan fingerprint density at radius 3 is 2.18 bits per heavy atom. The van der Waals surface area contributed by atoms with Crippen LogP contribution in [0.3, 0.4) is 0 Å². The fourth-order valence-corrected chi connectivity index (χ4v) is 3.97. The van der Waals surface area contributed by atoms with Crippen molar-refractivity contribution in [3.05, 3.63) is 53.6 Å². The van der Waals surface area contributed by atoms with Gasteiger partial charge < -0.3 is 30.1 Å². The summed E-state index contributed by atoms with van der Waals surface area (Å²) in [6.45, 7) is 12.7. The molecule has 3 N–H and O–H groups in total. The number of hydrogen-bond donors (Lipinski definition) is 3. The van der Waals surface area contributed by atoms with E-state index in [1.54, 1.807) is 78.1 Å². The lowest BCUT2D eigenvalue weighted by atomic mass is 9.95. The molecule has 208 valence electrons. The minimum absolute atomic E-state index is 0.0847. The van der Waals surface area contributed by atoms with Crippen LogP contribution in [0.2, 0.25) is 0 Å². The van der Waals surface area contributed by atoms with E-state index in [1.807, 2.05) is 13.8 Å². The molecule has 38 heavy (non-hydrogen) atoms. The van der Waals surface area contributed by atoms with Gasteiger partial charge >= 0.3 is 6.09 Å². The third kappa shape index (κ3) is 8.13. The molecule has 0 fully saturated rings. The highest BCUT2D eigenvalue weighted by atomic mass is 16.6. The van der Waals surface area contributed by atoms with Crippen LogP contribution in [0.15, 0.2) is 42.5 Å². The van der Waals surface area contributed by atoms with Crippen LogP contribution in [-0.4, -0.2) is 53.2 Å². The molecule has 0 saturated heterocycles. The minimum atomic E-state index is -1.03. The summed E-state index contributed by atoms with van der Waals surface area (Å²) in [6, 6.07) is 9.73. The number of aryl methyl sites for hydroxylation is 1. The molecule has 0 radical (unpaired) electrons. The van der Waals surface area contributed by atoms with E-state index in [9.17, 15) is 19.5 Å². The molecule has 9 heteroatoms. The zero-order chi connectivity index (χ0) is 28.6. The molecule has 0 bridgehead atoms. The van der Waals surface area contributed by atoms with Crippen LogP contribution in [0.5, 0.6) is 11.5 Å². The van der Waals surface area contributed by atoms with Crippen molar-refractivity contribution in [1.82, 2.24) is 10.2 Å². The standard InChI is InChI=1S/C29H41N3O6/c1-9-18(3)24(31-28(36)38-29(5,6)7)27(35)32(10-2)25(20-11-16-23(33)19(4)17-20)26(34)30-21-12-14-22(37-8)15-13-21/h11-18,24-25,33H,9-10H2,1-8H3,(H,30,34)(H,31,36). The highest BCUT2D eigenvalue weighted by Gasteiger charge is 2.37. The lowest BCUT2D eigenvalue weighted by Gasteiger charge is -2.35. The zero-order valence-electron chi connectivity index (χ0n) is 23.6. The monoisotopic (exact) mass is 527 g/mol. The summed E-state index contributed by atoms with van der Waals surface area (Å²) in [7, 11) is 1.56. The van der Waals surface area contributed by atoms with Crippen LogP contribution in [0, 0.1) is 12.8 Å². The van der Waals surface area contributed by atoms with Gasteiger partial charge in [-0.15, -0.1) is 0 Å². The predicted octanol–water partition coefficient (Wildman–Crippen LogP) is 5.18. The molecule has 3 unspecified atom stereocenters. The zero-order valence-corrected chi connectivity index (χ0v) is 23.6. The maximum Gasteiger partial charge on any atom is 0.408 e. The molecule has 3 amide bonds. The molecular formula is C29H41N3O6. The summed E-state index contributed by atoms with van der Waals surface area (Å²) in [6.07, 6.45) is -0.0861. The van der Waals surface area contributed by atoms with Crippen LogP contribution in [0.4, 0.5) is 10.5 Å².